The van der Waals surface area contributed by atoms with Crippen LogP contribution in [0.15, 0.2) is 36.4 Å². The van der Waals surface area contributed by atoms with Crippen molar-refractivity contribution in [2.24, 2.45) is 5.92 Å². The van der Waals surface area contributed by atoms with E-state index in [4.69, 9.17) is 4.74 Å². The lowest BCUT2D eigenvalue weighted by atomic mass is 9.95. The molecule has 2 aromatic rings. The fourth-order valence-electron chi connectivity index (χ4n) is 4.41. The molecule has 35 heavy (non-hydrogen) atoms. The molecule has 2 fully saturated rings. The second-order valence-corrected chi connectivity index (χ2v) is 9.04. The number of phenolic OH excluding ortho intramolecular Hbond substituents is 2. The highest BCUT2D eigenvalue weighted by Gasteiger charge is 2.51. The van der Waals surface area contributed by atoms with E-state index in [0.717, 1.165) is 18.9 Å². The largest absolute Gasteiger partial charge is 0.508 e. The lowest BCUT2D eigenvalue weighted by Crippen LogP contribution is -2.50. The minimum Gasteiger partial charge on any atom is -0.508 e. The third-order valence-corrected chi connectivity index (χ3v) is 6.59. The molecule has 4 rings (SSSR count). The summed E-state index contributed by atoms with van der Waals surface area (Å²) < 4.78 is 19.0. The monoisotopic (exact) mass is 485 g/mol. The molecule has 0 atom stereocenters. The molecule has 1 saturated heterocycles. The normalized spacial score (nSPS) is 16.9. The molecular formula is C25H28FN3O6. The number of nitrogens with one attached hydrogen (secondary N) is 2. The van der Waals surface area contributed by atoms with Gasteiger partial charge in [-0.15, -0.1) is 0 Å². The SMILES string of the molecule is COC(=O)c1c(F)cccc1N1CCC(CNC(=O)C2(NC(=O)c3cc(O)cc(O)c3)CC2)CC1. The van der Waals surface area contributed by atoms with Gasteiger partial charge in [0.05, 0.1) is 12.8 Å². The number of ether oxygens (including phenoxy) is 1. The third kappa shape index (κ3) is 5.31. The number of rotatable bonds is 7. The van der Waals surface area contributed by atoms with E-state index in [1.165, 1.54) is 25.3 Å². The zero-order chi connectivity index (χ0) is 25.2. The standard InChI is InChI=1S/C25H28FN3O6/c1-35-23(33)21-19(26)3-2-4-20(21)29-9-5-15(6-10-29)14-27-24(34)25(7-8-25)28-22(32)16-11-17(30)13-18(31)12-16/h2-4,11-13,15,30-31H,5-10,14H2,1H3,(H,27,34)(H,28,32). The van der Waals surface area contributed by atoms with E-state index in [2.05, 4.69) is 10.6 Å². The molecule has 2 aliphatic rings. The summed E-state index contributed by atoms with van der Waals surface area (Å²) in [5.41, 5.74) is -0.502. The summed E-state index contributed by atoms with van der Waals surface area (Å²) in [6.07, 6.45) is 2.48. The van der Waals surface area contributed by atoms with Crippen molar-refractivity contribution in [3.63, 3.8) is 0 Å². The lowest BCUT2D eigenvalue weighted by molar-refractivity contribution is -0.124. The van der Waals surface area contributed by atoms with Gasteiger partial charge in [0, 0.05) is 31.3 Å². The Hall–Kier alpha value is -3.82. The van der Waals surface area contributed by atoms with Gasteiger partial charge in [-0.05, 0) is 55.9 Å². The molecule has 0 aromatic heterocycles. The van der Waals surface area contributed by atoms with Gasteiger partial charge >= 0.3 is 5.97 Å². The maximum atomic E-state index is 14.3. The number of amides is 2. The number of nitrogens with zero attached hydrogens (tertiary/aromatic N) is 1. The number of benzene rings is 2. The first-order valence-corrected chi connectivity index (χ1v) is 11.5. The Morgan fingerprint density at radius 2 is 1.77 bits per heavy atom. The predicted octanol–water partition coefficient (Wildman–Crippen LogP) is 2.32. The van der Waals surface area contributed by atoms with Crippen molar-refractivity contribution in [2.75, 3.05) is 31.6 Å². The molecule has 1 aliphatic heterocycles. The van der Waals surface area contributed by atoms with E-state index in [0.29, 0.717) is 38.2 Å². The van der Waals surface area contributed by atoms with Crippen LogP contribution in [0.2, 0.25) is 0 Å². The van der Waals surface area contributed by atoms with Crippen molar-refractivity contribution in [1.82, 2.24) is 10.6 Å². The van der Waals surface area contributed by atoms with Crippen LogP contribution in [0, 0.1) is 11.7 Å². The quantitative estimate of drug-likeness (QED) is 0.443. The molecule has 2 amide bonds. The number of carbonyl (C=O) groups excluding carboxylic acids is 3. The van der Waals surface area contributed by atoms with Gasteiger partial charge in [0.1, 0.15) is 28.4 Å². The molecule has 186 valence electrons. The maximum absolute atomic E-state index is 14.3. The third-order valence-electron chi connectivity index (χ3n) is 6.59. The molecule has 4 N–H and O–H groups in total. The van der Waals surface area contributed by atoms with E-state index in [9.17, 15) is 29.0 Å². The summed E-state index contributed by atoms with van der Waals surface area (Å²) in [6.45, 7) is 1.62. The molecule has 1 heterocycles. The number of esters is 1. The van der Waals surface area contributed by atoms with Crippen molar-refractivity contribution in [3.8, 4) is 11.5 Å². The number of anilines is 1. The van der Waals surface area contributed by atoms with Gasteiger partial charge in [0.2, 0.25) is 5.91 Å². The number of piperidine rings is 1. The van der Waals surface area contributed by atoms with Crippen LogP contribution in [0.25, 0.3) is 0 Å². The topological polar surface area (TPSA) is 128 Å². The van der Waals surface area contributed by atoms with E-state index in [1.54, 1.807) is 12.1 Å². The second-order valence-electron chi connectivity index (χ2n) is 9.04. The van der Waals surface area contributed by atoms with E-state index < -0.39 is 23.2 Å². The first-order chi connectivity index (χ1) is 16.7. The Morgan fingerprint density at radius 1 is 1.11 bits per heavy atom. The number of hydrogen-bond acceptors (Lipinski definition) is 7. The molecule has 0 unspecified atom stereocenters. The van der Waals surface area contributed by atoms with Gasteiger partial charge in [-0.1, -0.05) is 6.07 Å². The molecular weight excluding hydrogens is 457 g/mol. The Kier molecular flexibility index (Phi) is 6.81. The Bertz CT molecular complexity index is 1120. The van der Waals surface area contributed by atoms with Crippen molar-refractivity contribution in [2.45, 2.75) is 31.2 Å². The van der Waals surface area contributed by atoms with Crippen LogP contribution in [-0.2, 0) is 9.53 Å². The Labute approximate surface area is 201 Å². The fraction of sp³-hybridized carbons (Fsp3) is 0.400. The molecule has 0 bridgehead atoms. The van der Waals surface area contributed by atoms with Crippen molar-refractivity contribution < 1.29 is 33.7 Å². The fourth-order valence-corrected chi connectivity index (χ4v) is 4.41. The van der Waals surface area contributed by atoms with Gasteiger partial charge in [-0.25, -0.2) is 9.18 Å². The molecule has 1 aliphatic carbocycles. The highest BCUT2D eigenvalue weighted by Crippen LogP contribution is 2.36. The van der Waals surface area contributed by atoms with Gasteiger partial charge in [0.15, 0.2) is 0 Å². The summed E-state index contributed by atoms with van der Waals surface area (Å²) in [5, 5.41) is 24.8. The van der Waals surface area contributed by atoms with Crippen molar-refractivity contribution in [3.05, 3.63) is 53.3 Å². The minimum atomic E-state index is -0.990. The number of halogens is 1. The predicted molar refractivity (Wildman–Crippen MR) is 125 cm³/mol. The highest BCUT2D eigenvalue weighted by atomic mass is 19.1. The first-order valence-electron chi connectivity index (χ1n) is 11.5. The van der Waals surface area contributed by atoms with Gasteiger partial charge < -0.3 is 30.5 Å². The number of aromatic hydroxyl groups is 2. The summed E-state index contributed by atoms with van der Waals surface area (Å²) in [6, 6.07) is 8.05. The van der Waals surface area contributed by atoms with Crippen LogP contribution < -0.4 is 15.5 Å². The molecule has 1 saturated carbocycles. The van der Waals surface area contributed by atoms with Crippen LogP contribution in [0.1, 0.15) is 46.4 Å². The first kappa shape index (κ1) is 24.3. The summed E-state index contributed by atoms with van der Waals surface area (Å²) in [4.78, 5) is 39.3. The van der Waals surface area contributed by atoms with E-state index in [-0.39, 0.29) is 34.5 Å². The highest BCUT2D eigenvalue weighted by molar-refractivity contribution is 6.01. The van der Waals surface area contributed by atoms with E-state index >= 15 is 0 Å². The van der Waals surface area contributed by atoms with Gasteiger partial charge in [0.25, 0.3) is 5.91 Å². The zero-order valence-electron chi connectivity index (χ0n) is 19.3. The average Bonchev–Trinajstić information content (AvgIpc) is 3.62. The molecule has 0 radical (unpaired) electrons. The maximum Gasteiger partial charge on any atom is 0.342 e. The molecule has 9 nitrogen and oxygen atoms in total. The van der Waals surface area contributed by atoms with Gasteiger partial charge in [-0.3, -0.25) is 9.59 Å². The van der Waals surface area contributed by atoms with Crippen LogP contribution in [-0.4, -0.2) is 60.3 Å². The molecule has 0 spiro atoms. The van der Waals surface area contributed by atoms with Crippen LogP contribution in [0.5, 0.6) is 11.5 Å². The zero-order valence-corrected chi connectivity index (χ0v) is 19.3. The van der Waals surface area contributed by atoms with Gasteiger partial charge in [-0.2, -0.15) is 0 Å². The van der Waals surface area contributed by atoms with E-state index in [1.807, 2.05) is 4.90 Å². The smallest absolute Gasteiger partial charge is 0.342 e. The molecule has 10 heteroatoms. The summed E-state index contributed by atoms with van der Waals surface area (Å²) >= 11 is 0. The Morgan fingerprint density at radius 3 is 2.37 bits per heavy atom. The lowest BCUT2D eigenvalue weighted by Gasteiger charge is -2.34. The second kappa shape index (κ2) is 9.81. The number of phenols is 2. The van der Waals surface area contributed by atoms with Crippen LogP contribution in [0.3, 0.4) is 0 Å². The van der Waals surface area contributed by atoms with Crippen LogP contribution >= 0.6 is 0 Å². The van der Waals surface area contributed by atoms with Crippen molar-refractivity contribution in [1.29, 1.82) is 0 Å². The number of carbonyl (C=O) groups is 3. The number of methoxy groups -OCH3 is 1. The van der Waals surface area contributed by atoms with Crippen molar-refractivity contribution >= 4 is 23.5 Å². The Balaban J connectivity index is 1.30. The van der Waals surface area contributed by atoms with Crippen LogP contribution in [0.4, 0.5) is 10.1 Å². The molecule has 2 aromatic carbocycles. The average molecular weight is 486 g/mol. The minimum absolute atomic E-state index is 0.0672. The number of hydrogen-bond donors (Lipinski definition) is 4. The summed E-state index contributed by atoms with van der Waals surface area (Å²) in [5.74, 6) is -2.45. The summed E-state index contributed by atoms with van der Waals surface area (Å²) in [7, 11) is 1.22.